The average Bonchev–Trinajstić information content (AvgIpc) is 2.61. The van der Waals surface area contributed by atoms with Gasteiger partial charge in [-0.3, -0.25) is 0 Å². The van der Waals surface area contributed by atoms with Gasteiger partial charge in [0.05, 0.1) is 5.56 Å². The molecule has 0 aliphatic carbocycles. The summed E-state index contributed by atoms with van der Waals surface area (Å²) in [4.78, 5) is 2.86. The first-order chi connectivity index (χ1) is 7.20. The van der Waals surface area contributed by atoms with E-state index < -0.39 is 0 Å². The van der Waals surface area contributed by atoms with E-state index in [-0.39, 0.29) is 5.82 Å². The number of nitriles is 1. The zero-order chi connectivity index (χ0) is 10.8. The van der Waals surface area contributed by atoms with Crippen LogP contribution in [-0.4, -0.2) is 4.98 Å². The quantitative estimate of drug-likeness (QED) is 0.743. The topological polar surface area (TPSA) is 65.6 Å². The largest absolute Gasteiger partial charge is 0.384 e. The number of nitrogens with one attached hydrogen (secondary N) is 1. The summed E-state index contributed by atoms with van der Waals surface area (Å²) < 4.78 is 12.7. The Kier molecular flexibility index (Phi) is 2.14. The van der Waals surface area contributed by atoms with Crippen molar-refractivity contribution >= 4 is 5.82 Å². The molecule has 0 fully saturated rings. The Morgan fingerprint density at radius 1 is 1.27 bits per heavy atom. The van der Waals surface area contributed by atoms with Gasteiger partial charge in [-0.05, 0) is 35.9 Å². The number of halogens is 1. The van der Waals surface area contributed by atoms with Gasteiger partial charge in [0.25, 0.3) is 0 Å². The number of benzene rings is 1. The predicted molar refractivity (Wildman–Crippen MR) is 55.3 cm³/mol. The molecule has 1 aromatic heterocycles. The maximum atomic E-state index is 12.7. The standard InChI is InChI=1S/C11H8FN3/c12-9-3-1-7(2-4-9)10-5-8(6-13)11(14)15-10/h1-5,15H,14H2. The molecule has 74 valence electrons. The van der Waals surface area contributed by atoms with Crippen LogP contribution in [0.1, 0.15) is 5.56 Å². The molecule has 0 unspecified atom stereocenters. The minimum Gasteiger partial charge on any atom is -0.384 e. The lowest BCUT2D eigenvalue weighted by molar-refractivity contribution is 0.628. The molecule has 4 heteroatoms. The lowest BCUT2D eigenvalue weighted by Crippen LogP contribution is -1.86. The van der Waals surface area contributed by atoms with E-state index in [2.05, 4.69) is 4.98 Å². The summed E-state index contributed by atoms with van der Waals surface area (Å²) in [6.45, 7) is 0. The number of aromatic amines is 1. The molecule has 0 radical (unpaired) electrons. The first-order valence-electron chi connectivity index (χ1n) is 4.35. The Bertz CT molecular complexity index is 520. The molecule has 15 heavy (non-hydrogen) atoms. The number of aromatic nitrogens is 1. The molecule has 0 spiro atoms. The van der Waals surface area contributed by atoms with Crippen molar-refractivity contribution in [2.75, 3.05) is 5.73 Å². The summed E-state index contributed by atoms with van der Waals surface area (Å²) in [6.07, 6.45) is 0. The molecule has 0 atom stereocenters. The molecule has 2 rings (SSSR count). The van der Waals surface area contributed by atoms with Gasteiger partial charge in [0.1, 0.15) is 17.7 Å². The third-order valence-corrected chi connectivity index (χ3v) is 2.12. The first-order valence-corrected chi connectivity index (χ1v) is 4.35. The monoisotopic (exact) mass is 201 g/mol. The van der Waals surface area contributed by atoms with Crippen molar-refractivity contribution in [3.63, 3.8) is 0 Å². The fourth-order valence-corrected chi connectivity index (χ4v) is 1.35. The molecule has 0 saturated carbocycles. The van der Waals surface area contributed by atoms with Crippen LogP contribution in [0.25, 0.3) is 11.3 Å². The molecule has 0 saturated heterocycles. The van der Waals surface area contributed by atoms with Crippen molar-refractivity contribution in [1.29, 1.82) is 5.26 Å². The van der Waals surface area contributed by atoms with Gasteiger partial charge in [0.15, 0.2) is 0 Å². The van der Waals surface area contributed by atoms with Crippen LogP contribution in [-0.2, 0) is 0 Å². The van der Waals surface area contributed by atoms with Crippen LogP contribution in [0.4, 0.5) is 10.2 Å². The van der Waals surface area contributed by atoms with Gasteiger partial charge in [-0.2, -0.15) is 5.26 Å². The highest BCUT2D eigenvalue weighted by molar-refractivity contribution is 5.67. The SMILES string of the molecule is N#Cc1cc(-c2ccc(F)cc2)[nH]c1N. The zero-order valence-corrected chi connectivity index (χ0v) is 7.79. The van der Waals surface area contributed by atoms with Crippen molar-refractivity contribution in [1.82, 2.24) is 4.98 Å². The number of H-pyrrole nitrogens is 1. The molecule has 2 aromatic rings. The molecule has 3 nitrogen and oxygen atoms in total. The van der Waals surface area contributed by atoms with Crippen LogP contribution < -0.4 is 5.73 Å². The van der Waals surface area contributed by atoms with Crippen LogP contribution in [0, 0.1) is 17.1 Å². The van der Waals surface area contributed by atoms with Gasteiger partial charge in [-0.15, -0.1) is 0 Å². The maximum absolute atomic E-state index is 12.7. The van der Waals surface area contributed by atoms with Gasteiger partial charge in [-0.25, -0.2) is 4.39 Å². The van der Waals surface area contributed by atoms with Crippen LogP contribution >= 0.6 is 0 Å². The Labute approximate surface area is 86.0 Å². The van der Waals surface area contributed by atoms with E-state index in [1.165, 1.54) is 12.1 Å². The van der Waals surface area contributed by atoms with Crippen molar-refractivity contribution in [2.45, 2.75) is 0 Å². The summed E-state index contributed by atoms with van der Waals surface area (Å²) in [5.41, 5.74) is 7.47. The maximum Gasteiger partial charge on any atom is 0.123 e. The number of nitrogens with zero attached hydrogens (tertiary/aromatic N) is 1. The molecular weight excluding hydrogens is 193 g/mol. The summed E-state index contributed by atoms with van der Waals surface area (Å²) in [5.74, 6) is 0.0376. The van der Waals surface area contributed by atoms with Gasteiger partial charge in [0, 0.05) is 5.69 Å². The van der Waals surface area contributed by atoms with E-state index in [4.69, 9.17) is 11.0 Å². The zero-order valence-electron chi connectivity index (χ0n) is 7.79. The van der Waals surface area contributed by atoms with E-state index in [1.807, 2.05) is 6.07 Å². The minimum absolute atomic E-state index is 0.293. The smallest absolute Gasteiger partial charge is 0.123 e. The summed E-state index contributed by atoms with van der Waals surface area (Å²) in [5, 5.41) is 8.71. The second-order valence-electron chi connectivity index (χ2n) is 3.13. The highest BCUT2D eigenvalue weighted by Gasteiger charge is 2.06. The number of nitrogen functional groups attached to an aromatic ring is 1. The molecule has 0 amide bonds. The van der Waals surface area contributed by atoms with Crippen molar-refractivity contribution < 1.29 is 4.39 Å². The van der Waals surface area contributed by atoms with Crippen LogP contribution in [0.2, 0.25) is 0 Å². The minimum atomic E-state index is -0.293. The van der Waals surface area contributed by atoms with Crippen LogP contribution in [0.3, 0.4) is 0 Å². The molecular formula is C11H8FN3. The predicted octanol–water partition coefficient (Wildman–Crippen LogP) is 2.27. The van der Waals surface area contributed by atoms with Gasteiger partial charge in [-0.1, -0.05) is 0 Å². The van der Waals surface area contributed by atoms with Crippen LogP contribution in [0.5, 0.6) is 0 Å². The number of rotatable bonds is 1. The first kappa shape index (κ1) is 9.28. The lowest BCUT2D eigenvalue weighted by atomic mass is 10.1. The third kappa shape index (κ3) is 1.67. The van der Waals surface area contributed by atoms with E-state index in [9.17, 15) is 4.39 Å². The molecule has 0 aliphatic rings. The van der Waals surface area contributed by atoms with Gasteiger partial charge >= 0.3 is 0 Å². The third-order valence-electron chi connectivity index (χ3n) is 2.12. The summed E-state index contributed by atoms with van der Waals surface area (Å²) in [6, 6.07) is 9.58. The molecule has 1 aromatic carbocycles. The second kappa shape index (κ2) is 3.46. The Morgan fingerprint density at radius 2 is 1.93 bits per heavy atom. The number of anilines is 1. The normalized spacial score (nSPS) is 9.87. The highest BCUT2D eigenvalue weighted by atomic mass is 19.1. The van der Waals surface area contributed by atoms with E-state index in [0.717, 1.165) is 5.56 Å². The van der Waals surface area contributed by atoms with Crippen LogP contribution in [0.15, 0.2) is 30.3 Å². The van der Waals surface area contributed by atoms with E-state index in [1.54, 1.807) is 18.2 Å². The van der Waals surface area contributed by atoms with Gasteiger partial charge < -0.3 is 10.7 Å². The molecule has 0 aliphatic heterocycles. The summed E-state index contributed by atoms with van der Waals surface area (Å²) in [7, 11) is 0. The number of hydrogen-bond donors (Lipinski definition) is 2. The fourth-order valence-electron chi connectivity index (χ4n) is 1.35. The van der Waals surface area contributed by atoms with Crippen molar-refractivity contribution in [3.05, 3.63) is 41.7 Å². The number of hydrogen-bond acceptors (Lipinski definition) is 2. The molecule has 1 heterocycles. The second-order valence-corrected chi connectivity index (χ2v) is 3.13. The fraction of sp³-hybridized carbons (Fsp3) is 0. The number of nitrogens with two attached hydrogens (primary N) is 1. The van der Waals surface area contributed by atoms with Gasteiger partial charge in [0.2, 0.25) is 0 Å². The molecule has 0 bridgehead atoms. The Balaban J connectivity index is 2.46. The highest BCUT2D eigenvalue weighted by Crippen LogP contribution is 2.22. The summed E-state index contributed by atoms with van der Waals surface area (Å²) >= 11 is 0. The lowest BCUT2D eigenvalue weighted by Gasteiger charge is -1.96. The Hall–Kier alpha value is -2.28. The molecule has 3 N–H and O–H groups in total. The van der Waals surface area contributed by atoms with E-state index in [0.29, 0.717) is 17.1 Å². The van der Waals surface area contributed by atoms with Crippen molar-refractivity contribution in [2.24, 2.45) is 0 Å². The van der Waals surface area contributed by atoms with E-state index >= 15 is 0 Å². The van der Waals surface area contributed by atoms with Crippen molar-refractivity contribution in [3.8, 4) is 17.3 Å². The average molecular weight is 201 g/mol. The Morgan fingerprint density at radius 3 is 2.47 bits per heavy atom.